The molecular formula is C25H23N3O6S. The van der Waals surface area contributed by atoms with Crippen molar-refractivity contribution in [2.45, 2.75) is 18.4 Å². The molecule has 3 aromatic rings. The Labute approximate surface area is 202 Å². The highest BCUT2D eigenvalue weighted by molar-refractivity contribution is 7.89. The maximum atomic E-state index is 12.8. The molecule has 1 aliphatic heterocycles. The number of anilines is 2. The van der Waals surface area contributed by atoms with Crippen molar-refractivity contribution in [2.75, 3.05) is 23.4 Å². The fraction of sp³-hybridized carbons (Fsp3) is 0.160. The number of carbonyl (C=O) groups is 3. The number of cyclic esters (lactones) is 1. The van der Waals surface area contributed by atoms with Gasteiger partial charge in [-0.05, 0) is 48.9 Å². The van der Waals surface area contributed by atoms with Crippen molar-refractivity contribution >= 4 is 39.2 Å². The number of para-hydroxylation sites is 2. The molecule has 1 saturated heterocycles. The van der Waals surface area contributed by atoms with E-state index < -0.39 is 16.1 Å². The fourth-order valence-corrected chi connectivity index (χ4v) is 4.54. The molecule has 9 nitrogen and oxygen atoms in total. The van der Waals surface area contributed by atoms with Crippen LogP contribution in [-0.2, 0) is 21.3 Å². The van der Waals surface area contributed by atoms with Gasteiger partial charge in [-0.3, -0.25) is 14.5 Å². The lowest BCUT2D eigenvalue weighted by molar-refractivity contribution is 0.101. The minimum absolute atomic E-state index is 0.0264. The first-order valence-corrected chi connectivity index (χ1v) is 12.3. The van der Waals surface area contributed by atoms with Crippen LogP contribution in [0.4, 0.5) is 16.2 Å². The average Bonchev–Trinajstić information content (AvgIpc) is 3.29. The second kappa shape index (κ2) is 10.1. The van der Waals surface area contributed by atoms with E-state index >= 15 is 0 Å². The van der Waals surface area contributed by atoms with E-state index in [1.165, 1.54) is 36.1 Å². The number of hydrogen-bond donors (Lipinski definition) is 2. The second-order valence-electron chi connectivity index (χ2n) is 7.84. The summed E-state index contributed by atoms with van der Waals surface area (Å²) in [7, 11) is -3.77. The molecule has 0 saturated carbocycles. The highest BCUT2D eigenvalue weighted by Crippen LogP contribution is 2.28. The highest BCUT2D eigenvalue weighted by atomic mass is 32.2. The molecule has 0 spiro atoms. The molecule has 0 unspecified atom stereocenters. The van der Waals surface area contributed by atoms with Crippen LogP contribution < -0.4 is 14.9 Å². The summed E-state index contributed by atoms with van der Waals surface area (Å²) < 4.78 is 32.6. The molecule has 0 bridgehead atoms. The lowest BCUT2D eigenvalue weighted by Crippen LogP contribution is -2.25. The number of benzene rings is 3. The molecule has 2 N–H and O–H groups in total. The molecule has 35 heavy (non-hydrogen) atoms. The smallest absolute Gasteiger partial charge is 0.414 e. The summed E-state index contributed by atoms with van der Waals surface area (Å²) in [5.74, 6) is -0.518. The lowest BCUT2D eigenvalue weighted by atomic mass is 10.1. The van der Waals surface area contributed by atoms with Gasteiger partial charge in [0.25, 0.3) is 5.91 Å². The van der Waals surface area contributed by atoms with Crippen molar-refractivity contribution < 1.29 is 27.5 Å². The molecule has 0 atom stereocenters. The van der Waals surface area contributed by atoms with E-state index in [2.05, 4.69) is 10.0 Å². The van der Waals surface area contributed by atoms with Crippen LogP contribution in [0.2, 0.25) is 0 Å². The van der Waals surface area contributed by atoms with Gasteiger partial charge in [0.2, 0.25) is 10.0 Å². The summed E-state index contributed by atoms with van der Waals surface area (Å²) in [6.45, 7) is 2.12. The summed E-state index contributed by atoms with van der Waals surface area (Å²) in [6, 6.07) is 19.1. The Bertz CT molecular complexity index is 1370. The molecule has 4 rings (SSSR count). The van der Waals surface area contributed by atoms with E-state index in [9.17, 15) is 22.8 Å². The molecule has 180 valence electrons. The van der Waals surface area contributed by atoms with E-state index in [-0.39, 0.29) is 29.7 Å². The number of rotatable bonds is 8. The van der Waals surface area contributed by atoms with Gasteiger partial charge in [-0.1, -0.05) is 36.4 Å². The Hall–Kier alpha value is -4.02. The van der Waals surface area contributed by atoms with Gasteiger partial charge in [0, 0.05) is 17.7 Å². The number of ether oxygens (including phenoxy) is 1. The number of nitrogens with zero attached hydrogens (tertiary/aromatic N) is 1. The molecular weight excluding hydrogens is 470 g/mol. The van der Waals surface area contributed by atoms with Gasteiger partial charge in [-0.15, -0.1) is 0 Å². The third-order valence-corrected chi connectivity index (χ3v) is 6.87. The number of hydrogen-bond acceptors (Lipinski definition) is 6. The van der Waals surface area contributed by atoms with Crippen LogP contribution in [0.1, 0.15) is 33.2 Å². The standard InChI is InChI=1S/C25H23N3O6S/c1-17(29)19-10-12-21(13-11-19)35(32,33)26-16-18-6-8-20(9-7-18)24(30)27-22-4-2-3-5-23(22)28-14-15-34-25(28)31/h2-13,26H,14-16H2,1H3,(H,27,30). The predicted molar refractivity (Wildman–Crippen MR) is 130 cm³/mol. The van der Waals surface area contributed by atoms with E-state index in [0.717, 1.165) is 0 Å². The van der Waals surface area contributed by atoms with Crippen LogP contribution in [-0.4, -0.2) is 39.4 Å². The molecule has 0 aromatic heterocycles. The Kier molecular flexibility index (Phi) is 6.94. The van der Waals surface area contributed by atoms with E-state index in [0.29, 0.717) is 34.6 Å². The zero-order valence-electron chi connectivity index (χ0n) is 18.9. The summed E-state index contributed by atoms with van der Waals surface area (Å²) >= 11 is 0. The van der Waals surface area contributed by atoms with Gasteiger partial charge in [-0.2, -0.15) is 0 Å². The Morgan fingerprint density at radius 3 is 2.23 bits per heavy atom. The molecule has 1 heterocycles. The zero-order chi connectivity index (χ0) is 25.0. The normalized spacial score (nSPS) is 13.4. The summed E-state index contributed by atoms with van der Waals surface area (Å²) in [5, 5.41) is 2.81. The topological polar surface area (TPSA) is 122 Å². The first-order valence-electron chi connectivity index (χ1n) is 10.8. The minimum Gasteiger partial charge on any atom is -0.447 e. The van der Waals surface area contributed by atoms with Crippen LogP contribution in [0.25, 0.3) is 0 Å². The van der Waals surface area contributed by atoms with Gasteiger partial charge in [0.15, 0.2) is 5.78 Å². The predicted octanol–water partition coefficient (Wildman–Crippen LogP) is 3.58. The van der Waals surface area contributed by atoms with Gasteiger partial charge in [0.1, 0.15) is 6.61 Å². The Balaban J connectivity index is 1.40. The van der Waals surface area contributed by atoms with Crippen molar-refractivity contribution in [1.82, 2.24) is 4.72 Å². The second-order valence-corrected chi connectivity index (χ2v) is 9.61. The maximum Gasteiger partial charge on any atom is 0.414 e. The number of sulfonamides is 1. The minimum atomic E-state index is -3.77. The number of nitrogens with one attached hydrogen (secondary N) is 2. The molecule has 2 amide bonds. The van der Waals surface area contributed by atoms with Gasteiger partial charge < -0.3 is 10.1 Å². The molecule has 1 aliphatic rings. The van der Waals surface area contributed by atoms with Crippen LogP contribution in [0.5, 0.6) is 0 Å². The number of amides is 2. The lowest BCUT2D eigenvalue weighted by Gasteiger charge is -2.17. The van der Waals surface area contributed by atoms with Gasteiger partial charge in [0.05, 0.1) is 22.8 Å². The highest BCUT2D eigenvalue weighted by Gasteiger charge is 2.26. The summed E-state index contributed by atoms with van der Waals surface area (Å²) in [4.78, 5) is 37.6. The van der Waals surface area contributed by atoms with Gasteiger partial charge in [-0.25, -0.2) is 17.9 Å². The van der Waals surface area contributed by atoms with Crippen molar-refractivity contribution in [1.29, 1.82) is 0 Å². The Morgan fingerprint density at radius 2 is 1.60 bits per heavy atom. The van der Waals surface area contributed by atoms with Crippen molar-refractivity contribution in [3.8, 4) is 0 Å². The van der Waals surface area contributed by atoms with E-state index in [1.54, 1.807) is 48.5 Å². The van der Waals surface area contributed by atoms with Crippen molar-refractivity contribution in [2.24, 2.45) is 0 Å². The van der Waals surface area contributed by atoms with Crippen LogP contribution >= 0.6 is 0 Å². The molecule has 1 fully saturated rings. The van der Waals surface area contributed by atoms with Crippen LogP contribution in [0.15, 0.2) is 77.7 Å². The summed E-state index contributed by atoms with van der Waals surface area (Å²) in [6.07, 6.45) is -0.465. The third kappa shape index (κ3) is 5.56. The first-order chi connectivity index (χ1) is 16.7. The third-order valence-electron chi connectivity index (χ3n) is 5.46. The van der Waals surface area contributed by atoms with E-state index in [4.69, 9.17) is 4.74 Å². The SMILES string of the molecule is CC(=O)c1ccc(S(=O)(=O)NCc2ccc(C(=O)Nc3ccccc3N3CCOC3=O)cc2)cc1. The van der Waals surface area contributed by atoms with Crippen molar-refractivity contribution in [3.63, 3.8) is 0 Å². The largest absolute Gasteiger partial charge is 0.447 e. The van der Waals surface area contributed by atoms with E-state index in [1.807, 2.05) is 0 Å². The molecule has 0 aliphatic carbocycles. The molecule has 3 aromatic carbocycles. The van der Waals surface area contributed by atoms with Crippen molar-refractivity contribution in [3.05, 3.63) is 89.5 Å². The van der Waals surface area contributed by atoms with Gasteiger partial charge >= 0.3 is 6.09 Å². The number of ketones is 1. The first kappa shape index (κ1) is 24.1. The molecule has 0 radical (unpaired) electrons. The quantitative estimate of drug-likeness (QED) is 0.463. The molecule has 10 heteroatoms. The number of carbonyl (C=O) groups excluding carboxylic acids is 3. The zero-order valence-corrected chi connectivity index (χ0v) is 19.7. The fourth-order valence-electron chi connectivity index (χ4n) is 3.53. The maximum absolute atomic E-state index is 12.8. The van der Waals surface area contributed by atoms with Crippen LogP contribution in [0.3, 0.4) is 0 Å². The number of Topliss-reactive ketones (excluding diaryl/α,β-unsaturated/α-hetero) is 1. The monoisotopic (exact) mass is 493 g/mol. The summed E-state index contributed by atoms with van der Waals surface area (Å²) in [5.41, 5.74) is 2.48. The van der Waals surface area contributed by atoms with Crippen LogP contribution in [0, 0.1) is 0 Å². The average molecular weight is 494 g/mol. The Morgan fingerprint density at radius 1 is 0.943 bits per heavy atom.